The molecule has 0 saturated carbocycles. The van der Waals surface area contributed by atoms with Crippen molar-refractivity contribution in [1.82, 2.24) is 5.43 Å². The molecular weight excluding hydrogens is 378 g/mol. The van der Waals surface area contributed by atoms with Gasteiger partial charge in [0.1, 0.15) is 5.75 Å². The molecule has 2 aromatic rings. The van der Waals surface area contributed by atoms with Crippen LogP contribution in [0.3, 0.4) is 0 Å². The SMILES string of the molecule is CCC(C)c1ccc(NC(=O)C/C(C)=N/NC(=O)c2cc(Cl)ccc2O)cc1. The van der Waals surface area contributed by atoms with Crippen molar-refractivity contribution < 1.29 is 14.7 Å². The summed E-state index contributed by atoms with van der Waals surface area (Å²) in [5.41, 5.74) is 4.68. The van der Waals surface area contributed by atoms with E-state index in [9.17, 15) is 14.7 Å². The standard InChI is InChI=1S/C21H24ClN3O3/c1-4-13(2)15-5-8-17(9-6-15)23-20(27)11-14(3)24-25-21(28)18-12-16(22)7-10-19(18)26/h5-10,12-13,26H,4,11H2,1-3H3,(H,23,27)(H,25,28)/b24-14+. The van der Waals surface area contributed by atoms with Crippen LogP contribution in [0.2, 0.25) is 5.02 Å². The number of rotatable bonds is 7. The van der Waals surface area contributed by atoms with E-state index in [1.165, 1.54) is 23.8 Å². The van der Waals surface area contributed by atoms with Gasteiger partial charge in [-0.1, -0.05) is 37.6 Å². The number of halogens is 1. The molecule has 2 rings (SSSR count). The van der Waals surface area contributed by atoms with Crippen molar-refractivity contribution in [2.24, 2.45) is 5.10 Å². The highest BCUT2D eigenvalue weighted by Gasteiger charge is 2.12. The van der Waals surface area contributed by atoms with Gasteiger partial charge in [-0.3, -0.25) is 9.59 Å². The second kappa shape index (κ2) is 9.90. The van der Waals surface area contributed by atoms with Crippen molar-refractivity contribution in [3.8, 4) is 5.75 Å². The second-order valence-corrected chi connectivity index (χ2v) is 7.04. The van der Waals surface area contributed by atoms with Crippen molar-refractivity contribution in [3.63, 3.8) is 0 Å². The molecule has 1 atom stereocenters. The van der Waals surface area contributed by atoms with Gasteiger partial charge in [0.15, 0.2) is 0 Å². The molecule has 2 amide bonds. The van der Waals surface area contributed by atoms with E-state index in [0.29, 0.717) is 22.3 Å². The normalized spacial score (nSPS) is 12.4. The lowest BCUT2D eigenvalue weighted by atomic mass is 9.99. The number of nitrogens with one attached hydrogen (secondary N) is 2. The number of phenols is 1. The minimum Gasteiger partial charge on any atom is -0.507 e. The fourth-order valence-corrected chi connectivity index (χ4v) is 2.68. The summed E-state index contributed by atoms with van der Waals surface area (Å²) >= 11 is 5.82. The highest BCUT2D eigenvalue weighted by atomic mass is 35.5. The van der Waals surface area contributed by atoms with Crippen LogP contribution in [0, 0.1) is 0 Å². The molecule has 0 aliphatic carbocycles. The minimum absolute atomic E-state index is 0.00917. The van der Waals surface area contributed by atoms with E-state index in [1.54, 1.807) is 6.92 Å². The van der Waals surface area contributed by atoms with Crippen LogP contribution < -0.4 is 10.7 Å². The van der Waals surface area contributed by atoms with Gasteiger partial charge in [-0.15, -0.1) is 0 Å². The summed E-state index contributed by atoms with van der Waals surface area (Å²) in [7, 11) is 0. The van der Waals surface area contributed by atoms with Gasteiger partial charge in [0.05, 0.1) is 12.0 Å². The summed E-state index contributed by atoms with van der Waals surface area (Å²) in [6, 6.07) is 11.9. The van der Waals surface area contributed by atoms with Crippen molar-refractivity contribution in [2.45, 2.75) is 39.5 Å². The van der Waals surface area contributed by atoms with Gasteiger partial charge >= 0.3 is 0 Å². The van der Waals surface area contributed by atoms with Gasteiger partial charge in [0.2, 0.25) is 5.91 Å². The highest BCUT2D eigenvalue weighted by Crippen LogP contribution is 2.22. The van der Waals surface area contributed by atoms with Gasteiger partial charge in [0.25, 0.3) is 5.91 Å². The molecule has 3 N–H and O–H groups in total. The van der Waals surface area contributed by atoms with Crippen molar-refractivity contribution in [2.75, 3.05) is 5.32 Å². The van der Waals surface area contributed by atoms with Crippen LogP contribution in [0.4, 0.5) is 5.69 Å². The summed E-state index contributed by atoms with van der Waals surface area (Å²) in [6.07, 6.45) is 1.08. The lowest BCUT2D eigenvalue weighted by Crippen LogP contribution is -2.21. The Morgan fingerprint density at radius 2 is 1.86 bits per heavy atom. The molecule has 0 spiro atoms. The predicted octanol–water partition coefficient (Wildman–Crippen LogP) is 4.69. The molecule has 0 aliphatic heterocycles. The third-order valence-electron chi connectivity index (χ3n) is 4.34. The molecule has 1 unspecified atom stereocenters. The van der Waals surface area contributed by atoms with Crippen LogP contribution in [0.15, 0.2) is 47.6 Å². The molecule has 2 aromatic carbocycles. The maximum absolute atomic E-state index is 12.1. The summed E-state index contributed by atoms with van der Waals surface area (Å²) < 4.78 is 0. The number of hydrogen-bond acceptors (Lipinski definition) is 4. The van der Waals surface area contributed by atoms with Gasteiger partial charge in [-0.05, 0) is 55.2 Å². The number of aromatic hydroxyl groups is 1. The number of benzene rings is 2. The van der Waals surface area contributed by atoms with E-state index in [1.807, 2.05) is 24.3 Å². The molecule has 0 bridgehead atoms. The maximum atomic E-state index is 12.1. The lowest BCUT2D eigenvalue weighted by molar-refractivity contribution is -0.115. The Balaban J connectivity index is 1.91. The first-order chi connectivity index (χ1) is 13.3. The first-order valence-corrected chi connectivity index (χ1v) is 9.39. The Labute approximate surface area is 169 Å². The van der Waals surface area contributed by atoms with Crippen LogP contribution in [-0.4, -0.2) is 22.6 Å². The predicted molar refractivity (Wildman–Crippen MR) is 112 cm³/mol. The third kappa shape index (κ3) is 6.09. The quantitative estimate of drug-likeness (QED) is 0.464. The topological polar surface area (TPSA) is 90.8 Å². The molecule has 0 aliphatic rings. The van der Waals surface area contributed by atoms with Crippen LogP contribution >= 0.6 is 11.6 Å². The molecule has 28 heavy (non-hydrogen) atoms. The summed E-state index contributed by atoms with van der Waals surface area (Å²) in [5.74, 6) is -0.576. The average Bonchev–Trinajstić information content (AvgIpc) is 2.67. The number of amides is 2. The molecule has 0 fully saturated rings. The molecule has 0 heterocycles. The first kappa shape index (κ1) is 21.4. The Kier molecular flexibility index (Phi) is 7.58. The molecule has 0 radical (unpaired) electrons. The van der Waals surface area contributed by atoms with Crippen LogP contribution in [0.1, 0.15) is 55.5 Å². The molecule has 0 aromatic heterocycles. The molecular formula is C21H24ClN3O3. The largest absolute Gasteiger partial charge is 0.507 e. The molecule has 7 heteroatoms. The van der Waals surface area contributed by atoms with Gasteiger partial charge in [0, 0.05) is 16.4 Å². The average molecular weight is 402 g/mol. The summed E-state index contributed by atoms with van der Waals surface area (Å²) in [5, 5.41) is 16.7. The van der Waals surface area contributed by atoms with E-state index in [-0.39, 0.29) is 23.6 Å². The van der Waals surface area contributed by atoms with Crippen molar-refractivity contribution >= 4 is 34.8 Å². The Morgan fingerprint density at radius 3 is 2.50 bits per heavy atom. The number of anilines is 1. The molecule has 148 valence electrons. The van der Waals surface area contributed by atoms with E-state index >= 15 is 0 Å². The monoisotopic (exact) mass is 401 g/mol. The molecule has 6 nitrogen and oxygen atoms in total. The Morgan fingerprint density at radius 1 is 1.18 bits per heavy atom. The van der Waals surface area contributed by atoms with E-state index in [4.69, 9.17) is 11.6 Å². The summed E-state index contributed by atoms with van der Waals surface area (Å²) in [4.78, 5) is 24.2. The number of hydrazone groups is 1. The van der Waals surface area contributed by atoms with Crippen molar-refractivity contribution in [1.29, 1.82) is 0 Å². The number of hydrogen-bond donors (Lipinski definition) is 3. The zero-order valence-electron chi connectivity index (χ0n) is 16.1. The van der Waals surface area contributed by atoms with Gasteiger partial charge < -0.3 is 10.4 Å². The second-order valence-electron chi connectivity index (χ2n) is 6.61. The van der Waals surface area contributed by atoms with E-state index in [2.05, 4.69) is 29.7 Å². The zero-order chi connectivity index (χ0) is 20.7. The van der Waals surface area contributed by atoms with E-state index in [0.717, 1.165) is 6.42 Å². The highest BCUT2D eigenvalue weighted by molar-refractivity contribution is 6.31. The fourth-order valence-electron chi connectivity index (χ4n) is 2.50. The lowest BCUT2D eigenvalue weighted by Gasteiger charge is -2.10. The van der Waals surface area contributed by atoms with Crippen LogP contribution in [-0.2, 0) is 4.79 Å². The Bertz CT molecular complexity index is 879. The molecule has 0 saturated heterocycles. The number of phenolic OH excluding ortho intramolecular Hbond substituents is 1. The fraction of sp³-hybridized carbons (Fsp3) is 0.286. The Hall–Kier alpha value is -2.86. The van der Waals surface area contributed by atoms with Crippen LogP contribution in [0.25, 0.3) is 0 Å². The maximum Gasteiger partial charge on any atom is 0.275 e. The van der Waals surface area contributed by atoms with Gasteiger partial charge in [-0.2, -0.15) is 5.10 Å². The summed E-state index contributed by atoms with van der Waals surface area (Å²) in [6.45, 7) is 5.92. The minimum atomic E-state index is -0.611. The number of carbonyl (C=O) groups is 2. The zero-order valence-corrected chi connectivity index (χ0v) is 16.9. The first-order valence-electron chi connectivity index (χ1n) is 9.02. The third-order valence-corrected chi connectivity index (χ3v) is 4.58. The van der Waals surface area contributed by atoms with Crippen molar-refractivity contribution in [3.05, 3.63) is 58.6 Å². The number of carbonyl (C=O) groups excluding carboxylic acids is 2. The van der Waals surface area contributed by atoms with E-state index < -0.39 is 5.91 Å². The van der Waals surface area contributed by atoms with Crippen LogP contribution in [0.5, 0.6) is 5.75 Å². The van der Waals surface area contributed by atoms with Gasteiger partial charge in [-0.25, -0.2) is 5.43 Å². The smallest absolute Gasteiger partial charge is 0.275 e. The number of nitrogens with zero attached hydrogens (tertiary/aromatic N) is 1.